The molecule has 104 valence electrons. The van der Waals surface area contributed by atoms with Crippen LogP contribution in [0.15, 0.2) is 49.1 Å². The van der Waals surface area contributed by atoms with Gasteiger partial charge in [-0.2, -0.15) is 0 Å². The third-order valence-corrected chi connectivity index (χ3v) is 3.92. The van der Waals surface area contributed by atoms with Crippen LogP contribution >= 0.6 is 0 Å². The van der Waals surface area contributed by atoms with Crippen molar-refractivity contribution in [2.45, 2.75) is 0 Å². The van der Waals surface area contributed by atoms with E-state index in [9.17, 15) is 18.3 Å². The largest absolute Gasteiger partial charge is 0.478 e. The number of rotatable bonds is 5. The highest BCUT2D eigenvalue weighted by molar-refractivity contribution is 7.92. The average molecular weight is 291 g/mol. The lowest BCUT2D eigenvalue weighted by Gasteiger charge is -2.11. The molecule has 0 spiro atoms. The SMILES string of the molecule is C=CCS(=O)(=O)Nc1cc2ccccc2cc1C(=O)O. The summed E-state index contributed by atoms with van der Waals surface area (Å²) in [6.07, 6.45) is 1.24. The lowest BCUT2D eigenvalue weighted by Crippen LogP contribution is -2.17. The van der Waals surface area contributed by atoms with Gasteiger partial charge in [0.25, 0.3) is 0 Å². The van der Waals surface area contributed by atoms with Gasteiger partial charge in [-0.3, -0.25) is 4.72 Å². The van der Waals surface area contributed by atoms with E-state index in [0.717, 1.165) is 10.8 Å². The van der Waals surface area contributed by atoms with Gasteiger partial charge < -0.3 is 5.11 Å². The Morgan fingerprint density at radius 1 is 1.25 bits per heavy atom. The molecule has 0 saturated heterocycles. The summed E-state index contributed by atoms with van der Waals surface area (Å²) in [5, 5.41) is 10.7. The van der Waals surface area contributed by atoms with Gasteiger partial charge in [-0.25, -0.2) is 13.2 Å². The lowest BCUT2D eigenvalue weighted by atomic mass is 10.1. The third-order valence-electron chi connectivity index (χ3n) is 2.72. The molecule has 0 aliphatic heterocycles. The summed E-state index contributed by atoms with van der Waals surface area (Å²) in [5.41, 5.74) is -0.0330. The quantitative estimate of drug-likeness (QED) is 0.829. The van der Waals surface area contributed by atoms with E-state index in [1.807, 2.05) is 0 Å². The van der Waals surface area contributed by atoms with Crippen LogP contribution in [0.4, 0.5) is 5.69 Å². The Morgan fingerprint density at radius 2 is 1.85 bits per heavy atom. The van der Waals surface area contributed by atoms with Gasteiger partial charge in [0.1, 0.15) is 0 Å². The maximum absolute atomic E-state index is 11.7. The van der Waals surface area contributed by atoms with Crippen LogP contribution in [0.25, 0.3) is 10.8 Å². The summed E-state index contributed by atoms with van der Waals surface area (Å²) >= 11 is 0. The normalized spacial score (nSPS) is 11.2. The number of benzene rings is 2. The zero-order valence-corrected chi connectivity index (χ0v) is 11.4. The van der Waals surface area contributed by atoms with Gasteiger partial charge in [-0.1, -0.05) is 30.3 Å². The van der Waals surface area contributed by atoms with E-state index in [4.69, 9.17) is 0 Å². The number of fused-ring (bicyclic) bond motifs is 1. The van der Waals surface area contributed by atoms with Gasteiger partial charge in [-0.05, 0) is 22.9 Å². The highest BCUT2D eigenvalue weighted by Crippen LogP contribution is 2.25. The van der Waals surface area contributed by atoms with Crippen molar-refractivity contribution in [3.8, 4) is 0 Å². The first-order valence-corrected chi connectivity index (χ1v) is 7.45. The summed E-state index contributed by atoms with van der Waals surface area (Å²) in [6.45, 7) is 3.36. The predicted octanol–water partition coefficient (Wildman–Crippen LogP) is 2.47. The van der Waals surface area contributed by atoms with E-state index < -0.39 is 16.0 Å². The minimum absolute atomic E-state index is 0.0538. The maximum Gasteiger partial charge on any atom is 0.337 e. The number of aromatic carboxylic acids is 1. The molecule has 0 fully saturated rings. The number of hydrogen-bond acceptors (Lipinski definition) is 3. The Morgan fingerprint density at radius 3 is 2.40 bits per heavy atom. The highest BCUT2D eigenvalue weighted by atomic mass is 32.2. The van der Waals surface area contributed by atoms with Gasteiger partial charge in [0.2, 0.25) is 10.0 Å². The number of hydrogen-bond donors (Lipinski definition) is 2. The average Bonchev–Trinajstić information content (AvgIpc) is 2.37. The summed E-state index contributed by atoms with van der Waals surface area (Å²) in [6, 6.07) is 10.1. The lowest BCUT2D eigenvalue weighted by molar-refractivity contribution is 0.0698. The molecule has 2 rings (SSSR count). The van der Waals surface area contributed by atoms with Crippen LogP contribution < -0.4 is 4.72 Å². The van der Waals surface area contributed by atoms with E-state index in [2.05, 4.69) is 11.3 Å². The molecule has 5 nitrogen and oxygen atoms in total. The molecule has 0 aliphatic carbocycles. The first kappa shape index (κ1) is 14.1. The van der Waals surface area contributed by atoms with E-state index in [1.54, 1.807) is 24.3 Å². The molecule has 2 aromatic carbocycles. The molecule has 0 atom stereocenters. The molecule has 0 unspecified atom stereocenters. The summed E-state index contributed by atoms with van der Waals surface area (Å²) in [7, 11) is -3.64. The number of anilines is 1. The molecule has 0 heterocycles. The van der Waals surface area contributed by atoms with Crippen molar-refractivity contribution >= 4 is 32.5 Å². The standard InChI is InChI=1S/C14H13NO4S/c1-2-7-20(18,19)15-13-9-11-6-4-3-5-10(11)8-12(13)14(16)17/h2-6,8-9,15H,1,7H2,(H,16,17). The molecule has 0 aliphatic rings. The molecule has 0 radical (unpaired) electrons. The number of carbonyl (C=O) groups is 1. The van der Waals surface area contributed by atoms with Crippen LogP contribution in [0.5, 0.6) is 0 Å². The van der Waals surface area contributed by atoms with E-state index in [-0.39, 0.29) is 17.0 Å². The molecule has 2 N–H and O–H groups in total. The van der Waals surface area contributed by atoms with Crippen LogP contribution in [0.3, 0.4) is 0 Å². The Kier molecular flexibility index (Phi) is 3.76. The Hall–Kier alpha value is -2.34. The monoisotopic (exact) mass is 291 g/mol. The minimum Gasteiger partial charge on any atom is -0.478 e. The van der Waals surface area contributed by atoms with Gasteiger partial charge in [-0.15, -0.1) is 6.58 Å². The Labute approximate surface area is 116 Å². The molecular weight excluding hydrogens is 278 g/mol. The smallest absolute Gasteiger partial charge is 0.337 e. The zero-order valence-electron chi connectivity index (χ0n) is 10.5. The Bertz CT molecular complexity index is 781. The number of nitrogens with one attached hydrogen (secondary N) is 1. The fourth-order valence-corrected chi connectivity index (χ4v) is 2.76. The number of carboxylic acids is 1. The molecule has 6 heteroatoms. The predicted molar refractivity (Wildman–Crippen MR) is 78.5 cm³/mol. The third kappa shape index (κ3) is 2.97. The van der Waals surface area contributed by atoms with Crippen molar-refractivity contribution in [2.24, 2.45) is 0 Å². The summed E-state index contributed by atoms with van der Waals surface area (Å²) < 4.78 is 25.8. The Balaban J connectivity index is 2.58. The van der Waals surface area contributed by atoms with Gasteiger partial charge in [0, 0.05) is 0 Å². The highest BCUT2D eigenvalue weighted by Gasteiger charge is 2.16. The van der Waals surface area contributed by atoms with Crippen LogP contribution in [-0.4, -0.2) is 25.2 Å². The summed E-state index contributed by atoms with van der Waals surface area (Å²) in [5.74, 6) is -1.47. The van der Waals surface area contributed by atoms with Gasteiger partial charge in [0.05, 0.1) is 17.0 Å². The molecule has 0 aromatic heterocycles. The van der Waals surface area contributed by atoms with Crippen molar-refractivity contribution in [3.05, 3.63) is 54.6 Å². The number of carboxylic acid groups (broad SMARTS) is 1. The van der Waals surface area contributed by atoms with Crippen LogP contribution in [0.1, 0.15) is 10.4 Å². The zero-order chi connectivity index (χ0) is 14.8. The van der Waals surface area contributed by atoms with Crippen molar-refractivity contribution in [1.29, 1.82) is 0 Å². The second kappa shape index (κ2) is 5.34. The second-order valence-electron chi connectivity index (χ2n) is 4.22. The summed E-state index contributed by atoms with van der Waals surface area (Å²) in [4.78, 5) is 11.3. The molecule has 0 amide bonds. The molecule has 0 saturated carbocycles. The fourth-order valence-electron chi connectivity index (χ4n) is 1.87. The molecular formula is C14H13NO4S. The fraction of sp³-hybridized carbons (Fsp3) is 0.0714. The molecule has 20 heavy (non-hydrogen) atoms. The second-order valence-corrected chi connectivity index (χ2v) is 5.99. The van der Waals surface area contributed by atoms with Crippen molar-refractivity contribution < 1.29 is 18.3 Å². The van der Waals surface area contributed by atoms with Gasteiger partial charge in [0.15, 0.2) is 0 Å². The van der Waals surface area contributed by atoms with Gasteiger partial charge >= 0.3 is 5.97 Å². The van der Waals surface area contributed by atoms with E-state index >= 15 is 0 Å². The van der Waals surface area contributed by atoms with Crippen molar-refractivity contribution in [3.63, 3.8) is 0 Å². The van der Waals surface area contributed by atoms with Crippen LogP contribution in [-0.2, 0) is 10.0 Å². The topological polar surface area (TPSA) is 83.5 Å². The van der Waals surface area contributed by atoms with E-state index in [1.165, 1.54) is 18.2 Å². The first-order valence-electron chi connectivity index (χ1n) is 5.80. The first-order chi connectivity index (χ1) is 9.43. The molecule has 2 aromatic rings. The van der Waals surface area contributed by atoms with Crippen LogP contribution in [0.2, 0.25) is 0 Å². The maximum atomic E-state index is 11.7. The number of sulfonamides is 1. The minimum atomic E-state index is -3.64. The van der Waals surface area contributed by atoms with E-state index in [0.29, 0.717) is 0 Å². The van der Waals surface area contributed by atoms with Crippen molar-refractivity contribution in [2.75, 3.05) is 10.5 Å². The van der Waals surface area contributed by atoms with Crippen molar-refractivity contribution in [1.82, 2.24) is 0 Å². The molecule has 0 bridgehead atoms. The van der Waals surface area contributed by atoms with Crippen LogP contribution in [0, 0.1) is 0 Å².